The Kier molecular flexibility index (Phi) is 6.92. The highest BCUT2D eigenvalue weighted by molar-refractivity contribution is 6.39. The molecule has 5 aromatic carbocycles. The molecule has 7 heteroatoms. The SMILES string of the molecule is O=C(O)Cc1ccc(N2C(=O)c3c(OCc4ccccc4)cc4cccc(OCc5ccccc5)c4c3C2=O)cc1. The smallest absolute Gasteiger partial charge is 0.307 e. The minimum atomic E-state index is -0.965. The van der Waals surface area contributed by atoms with Gasteiger partial charge in [0.15, 0.2) is 0 Å². The average molecular weight is 544 g/mol. The zero-order valence-corrected chi connectivity index (χ0v) is 21.9. The zero-order valence-electron chi connectivity index (χ0n) is 21.9. The van der Waals surface area contributed by atoms with Crippen molar-refractivity contribution in [1.29, 1.82) is 0 Å². The number of carbonyl (C=O) groups is 3. The van der Waals surface area contributed by atoms with E-state index >= 15 is 0 Å². The maximum absolute atomic E-state index is 14.0. The van der Waals surface area contributed by atoms with Crippen LogP contribution in [0.1, 0.15) is 37.4 Å². The number of carboxylic acids is 1. The molecule has 0 atom stereocenters. The number of carbonyl (C=O) groups excluding carboxylic acids is 2. The fourth-order valence-corrected chi connectivity index (χ4v) is 5.02. The second kappa shape index (κ2) is 11.0. The summed E-state index contributed by atoms with van der Waals surface area (Å²) in [5, 5.41) is 10.4. The maximum atomic E-state index is 14.0. The molecule has 0 aromatic heterocycles. The van der Waals surface area contributed by atoms with Gasteiger partial charge in [0.1, 0.15) is 24.7 Å². The summed E-state index contributed by atoms with van der Waals surface area (Å²) in [6.45, 7) is 0.506. The lowest BCUT2D eigenvalue weighted by molar-refractivity contribution is -0.136. The van der Waals surface area contributed by atoms with Crippen molar-refractivity contribution in [3.63, 3.8) is 0 Å². The third-order valence-corrected chi connectivity index (χ3v) is 6.95. The third-order valence-electron chi connectivity index (χ3n) is 6.95. The summed E-state index contributed by atoms with van der Waals surface area (Å²) in [4.78, 5) is 40.2. The van der Waals surface area contributed by atoms with Gasteiger partial charge in [-0.2, -0.15) is 0 Å². The van der Waals surface area contributed by atoms with Crippen LogP contribution in [0.15, 0.2) is 109 Å². The summed E-state index contributed by atoms with van der Waals surface area (Å²) in [5.74, 6) is -1.19. The summed E-state index contributed by atoms with van der Waals surface area (Å²) >= 11 is 0. The number of hydrogen-bond donors (Lipinski definition) is 1. The summed E-state index contributed by atoms with van der Waals surface area (Å²) in [5.41, 5.74) is 3.18. The van der Waals surface area contributed by atoms with E-state index in [1.54, 1.807) is 36.4 Å². The molecule has 0 radical (unpaired) electrons. The van der Waals surface area contributed by atoms with Crippen LogP contribution in [-0.2, 0) is 24.4 Å². The van der Waals surface area contributed by atoms with Crippen LogP contribution in [-0.4, -0.2) is 22.9 Å². The van der Waals surface area contributed by atoms with E-state index in [1.807, 2.05) is 72.8 Å². The van der Waals surface area contributed by atoms with Crippen LogP contribution in [0, 0.1) is 0 Å². The van der Waals surface area contributed by atoms with Crippen molar-refractivity contribution in [1.82, 2.24) is 0 Å². The number of imide groups is 1. The number of anilines is 1. The predicted molar refractivity (Wildman–Crippen MR) is 154 cm³/mol. The normalized spacial score (nSPS) is 12.4. The van der Waals surface area contributed by atoms with Crippen LogP contribution in [0.5, 0.6) is 11.5 Å². The first-order valence-electron chi connectivity index (χ1n) is 13.1. The Labute approximate surface area is 236 Å². The molecule has 7 nitrogen and oxygen atoms in total. The van der Waals surface area contributed by atoms with E-state index in [0.29, 0.717) is 33.5 Å². The summed E-state index contributed by atoms with van der Waals surface area (Å²) in [6.07, 6.45) is -0.160. The lowest BCUT2D eigenvalue weighted by atomic mass is 9.98. The van der Waals surface area contributed by atoms with Gasteiger partial charge < -0.3 is 14.6 Å². The molecular formula is C34H25NO6. The molecule has 1 N–H and O–H groups in total. The highest BCUT2D eigenvalue weighted by atomic mass is 16.5. The van der Waals surface area contributed by atoms with E-state index in [1.165, 1.54) is 0 Å². The van der Waals surface area contributed by atoms with Gasteiger partial charge in [-0.05, 0) is 46.3 Å². The first-order chi connectivity index (χ1) is 20.0. The van der Waals surface area contributed by atoms with Gasteiger partial charge in [-0.1, -0.05) is 84.9 Å². The summed E-state index contributed by atoms with van der Waals surface area (Å²) in [6, 6.07) is 32.9. The third kappa shape index (κ3) is 5.13. The van der Waals surface area contributed by atoms with E-state index < -0.39 is 17.8 Å². The molecule has 0 unspecified atom stereocenters. The van der Waals surface area contributed by atoms with Crippen LogP contribution in [0.4, 0.5) is 5.69 Å². The number of carboxylic acid groups (broad SMARTS) is 1. The van der Waals surface area contributed by atoms with Gasteiger partial charge in [0.05, 0.1) is 23.2 Å². The zero-order chi connectivity index (χ0) is 28.3. The van der Waals surface area contributed by atoms with Crippen LogP contribution >= 0.6 is 0 Å². The standard InChI is InChI=1S/C34H25NO6/c36-29(37)18-22-14-16-26(17-15-22)35-33(38)31-28(41-21-24-10-5-2-6-11-24)19-25-12-7-13-27(30(25)32(31)34(35)39)40-20-23-8-3-1-4-9-23/h1-17,19H,18,20-21H2,(H,36,37). The number of aliphatic carboxylic acids is 1. The Balaban J connectivity index is 1.44. The Morgan fingerprint density at radius 1 is 0.634 bits per heavy atom. The molecule has 0 fully saturated rings. The molecule has 41 heavy (non-hydrogen) atoms. The minimum Gasteiger partial charge on any atom is -0.488 e. The molecule has 0 spiro atoms. The highest BCUT2D eigenvalue weighted by Crippen LogP contribution is 2.43. The Bertz CT molecular complexity index is 1770. The fourth-order valence-electron chi connectivity index (χ4n) is 5.02. The molecule has 202 valence electrons. The Morgan fingerprint density at radius 2 is 1.22 bits per heavy atom. The number of fused-ring (bicyclic) bond motifs is 3. The number of hydrogen-bond acceptors (Lipinski definition) is 5. The number of benzene rings is 5. The average Bonchev–Trinajstić information content (AvgIpc) is 3.26. The van der Waals surface area contributed by atoms with Gasteiger partial charge in [0.25, 0.3) is 11.8 Å². The van der Waals surface area contributed by atoms with Crippen LogP contribution < -0.4 is 14.4 Å². The predicted octanol–water partition coefficient (Wildman–Crippen LogP) is 6.43. The second-order valence-electron chi connectivity index (χ2n) is 9.71. The Hall–Kier alpha value is -5.43. The van der Waals surface area contributed by atoms with Gasteiger partial charge >= 0.3 is 5.97 Å². The monoisotopic (exact) mass is 543 g/mol. The van der Waals surface area contributed by atoms with Crippen molar-refractivity contribution >= 4 is 34.2 Å². The van der Waals surface area contributed by atoms with Gasteiger partial charge in [-0.25, -0.2) is 4.90 Å². The number of rotatable bonds is 9. The van der Waals surface area contributed by atoms with E-state index in [2.05, 4.69) is 0 Å². The molecule has 0 saturated carbocycles. The molecule has 0 aliphatic carbocycles. The topological polar surface area (TPSA) is 93.1 Å². The van der Waals surface area contributed by atoms with Crippen molar-refractivity contribution in [2.75, 3.05) is 4.90 Å². The molecule has 6 rings (SSSR count). The van der Waals surface area contributed by atoms with E-state index in [-0.39, 0.29) is 30.8 Å². The van der Waals surface area contributed by atoms with Gasteiger partial charge in [0, 0.05) is 5.39 Å². The van der Waals surface area contributed by atoms with Crippen molar-refractivity contribution in [2.24, 2.45) is 0 Å². The first kappa shape index (κ1) is 25.8. The lowest BCUT2D eigenvalue weighted by Gasteiger charge is -2.15. The highest BCUT2D eigenvalue weighted by Gasteiger charge is 2.41. The molecule has 0 saturated heterocycles. The lowest BCUT2D eigenvalue weighted by Crippen LogP contribution is -2.29. The van der Waals surface area contributed by atoms with Crippen molar-refractivity contribution < 1.29 is 29.0 Å². The molecule has 5 aromatic rings. The van der Waals surface area contributed by atoms with Crippen molar-refractivity contribution in [3.05, 3.63) is 137 Å². The van der Waals surface area contributed by atoms with E-state index in [9.17, 15) is 14.4 Å². The fraction of sp³-hybridized carbons (Fsp3) is 0.0882. The van der Waals surface area contributed by atoms with Crippen LogP contribution in [0.3, 0.4) is 0 Å². The van der Waals surface area contributed by atoms with E-state index in [0.717, 1.165) is 16.0 Å². The second-order valence-corrected chi connectivity index (χ2v) is 9.71. The van der Waals surface area contributed by atoms with Crippen LogP contribution in [0.2, 0.25) is 0 Å². The molecular weight excluding hydrogens is 518 g/mol. The largest absolute Gasteiger partial charge is 0.488 e. The van der Waals surface area contributed by atoms with Crippen molar-refractivity contribution in [3.8, 4) is 11.5 Å². The Morgan fingerprint density at radius 3 is 1.83 bits per heavy atom. The molecule has 0 bridgehead atoms. The number of nitrogens with zero attached hydrogens (tertiary/aromatic N) is 1. The van der Waals surface area contributed by atoms with E-state index in [4.69, 9.17) is 14.6 Å². The minimum absolute atomic E-state index is 0.160. The first-order valence-corrected chi connectivity index (χ1v) is 13.1. The van der Waals surface area contributed by atoms with Gasteiger partial charge in [-0.3, -0.25) is 14.4 Å². The summed E-state index contributed by atoms with van der Waals surface area (Å²) in [7, 11) is 0. The van der Waals surface area contributed by atoms with Gasteiger partial charge in [-0.15, -0.1) is 0 Å². The number of amides is 2. The van der Waals surface area contributed by atoms with Crippen LogP contribution in [0.25, 0.3) is 10.8 Å². The molecule has 1 heterocycles. The van der Waals surface area contributed by atoms with Crippen molar-refractivity contribution in [2.45, 2.75) is 19.6 Å². The number of ether oxygens (including phenoxy) is 2. The quantitative estimate of drug-likeness (QED) is 0.216. The molecule has 1 aliphatic heterocycles. The summed E-state index contributed by atoms with van der Waals surface area (Å²) < 4.78 is 12.4. The van der Waals surface area contributed by atoms with Gasteiger partial charge in [0.2, 0.25) is 0 Å². The maximum Gasteiger partial charge on any atom is 0.307 e. The molecule has 1 aliphatic rings. The molecule has 2 amide bonds.